The molecule has 9 heteroatoms. The van der Waals surface area contributed by atoms with E-state index < -0.39 is 23.9 Å². The van der Waals surface area contributed by atoms with Gasteiger partial charge in [-0.2, -0.15) is 0 Å². The number of carboxylic acids is 1. The molecule has 0 aliphatic rings. The smallest absolute Gasteiger partial charge is 0.326 e. The number of methoxy groups -OCH3 is 1. The number of carbonyl (C=O) groups excluding carboxylic acids is 2. The molecule has 0 radical (unpaired) electrons. The Kier molecular flexibility index (Phi) is 6.34. The molecule has 0 fully saturated rings. The topological polar surface area (TPSA) is 137 Å². The number of nitrogens with zero attached hydrogens (tertiary/aromatic N) is 2. The zero-order valence-electron chi connectivity index (χ0n) is 11.6. The van der Waals surface area contributed by atoms with E-state index in [9.17, 15) is 14.4 Å². The molecule has 0 saturated carbocycles. The highest BCUT2D eigenvalue weighted by Gasteiger charge is 2.22. The molecule has 0 aliphatic heterocycles. The second kappa shape index (κ2) is 8.00. The maximum atomic E-state index is 11.9. The molecule has 1 aromatic heterocycles. The van der Waals surface area contributed by atoms with E-state index in [2.05, 4.69) is 15.0 Å². The first kappa shape index (κ1) is 16.6. The molecule has 0 spiro atoms. The maximum Gasteiger partial charge on any atom is 0.326 e. The zero-order valence-corrected chi connectivity index (χ0v) is 11.6. The van der Waals surface area contributed by atoms with Crippen molar-refractivity contribution in [3.63, 3.8) is 0 Å². The number of esters is 1. The van der Waals surface area contributed by atoms with Crippen LogP contribution in [0.5, 0.6) is 0 Å². The molecular weight excluding hydrogens is 280 g/mol. The average molecular weight is 298 g/mol. The number of aromatic nitrogens is 2. The Morgan fingerprint density at radius 3 is 2.81 bits per heavy atom. The maximum absolute atomic E-state index is 11.9. The van der Waals surface area contributed by atoms with Gasteiger partial charge in [0.05, 0.1) is 13.4 Å². The van der Waals surface area contributed by atoms with Gasteiger partial charge < -0.3 is 25.5 Å². The van der Waals surface area contributed by atoms with Crippen molar-refractivity contribution >= 4 is 17.8 Å². The lowest BCUT2D eigenvalue weighted by molar-refractivity contribution is -0.142. The third kappa shape index (κ3) is 5.22. The third-order valence-electron chi connectivity index (χ3n) is 2.72. The Balaban J connectivity index is 2.62. The van der Waals surface area contributed by atoms with Crippen molar-refractivity contribution in [2.24, 2.45) is 5.73 Å². The summed E-state index contributed by atoms with van der Waals surface area (Å²) in [5.41, 5.74) is 5.47. The van der Waals surface area contributed by atoms with Crippen molar-refractivity contribution in [2.75, 3.05) is 13.7 Å². The number of rotatable bonds is 8. The number of ether oxygens (including phenoxy) is 1. The molecule has 1 heterocycles. The molecule has 1 rings (SSSR count). The van der Waals surface area contributed by atoms with E-state index in [1.165, 1.54) is 19.6 Å². The van der Waals surface area contributed by atoms with Gasteiger partial charge in [-0.05, 0) is 6.42 Å². The summed E-state index contributed by atoms with van der Waals surface area (Å²) in [6.07, 6.45) is 2.75. The number of amides is 1. The van der Waals surface area contributed by atoms with Crippen LogP contribution in [0.4, 0.5) is 0 Å². The minimum Gasteiger partial charge on any atom is -0.480 e. The highest BCUT2D eigenvalue weighted by Crippen LogP contribution is 2.02. The van der Waals surface area contributed by atoms with E-state index in [1.807, 2.05) is 0 Å². The quantitative estimate of drug-likeness (QED) is 0.522. The predicted molar refractivity (Wildman–Crippen MR) is 71.4 cm³/mol. The molecule has 4 N–H and O–H groups in total. The first-order valence-electron chi connectivity index (χ1n) is 6.30. The van der Waals surface area contributed by atoms with Crippen LogP contribution < -0.4 is 11.1 Å². The van der Waals surface area contributed by atoms with Crippen molar-refractivity contribution in [2.45, 2.75) is 25.4 Å². The lowest BCUT2D eigenvalue weighted by Crippen LogP contribution is -2.41. The number of aliphatic carboxylic acids is 1. The number of hydrogen-bond donors (Lipinski definition) is 3. The van der Waals surface area contributed by atoms with Gasteiger partial charge in [0.2, 0.25) is 0 Å². The Hall–Kier alpha value is -2.42. The van der Waals surface area contributed by atoms with Crippen molar-refractivity contribution in [3.05, 3.63) is 18.2 Å². The summed E-state index contributed by atoms with van der Waals surface area (Å²) < 4.78 is 6.05. The molecule has 9 nitrogen and oxygen atoms in total. The second-order valence-electron chi connectivity index (χ2n) is 4.26. The van der Waals surface area contributed by atoms with Gasteiger partial charge in [0.15, 0.2) is 0 Å². The number of nitrogens with one attached hydrogen (secondary N) is 1. The van der Waals surface area contributed by atoms with Gasteiger partial charge in [0, 0.05) is 25.7 Å². The fourth-order valence-electron chi connectivity index (χ4n) is 1.60. The van der Waals surface area contributed by atoms with Gasteiger partial charge in [-0.3, -0.25) is 9.59 Å². The van der Waals surface area contributed by atoms with Crippen LogP contribution in [0.3, 0.4) is 0 Å². The number of hydrogen-bond acceptors (Lipinski definition) is 6. The van der Waals surface area contributed by atoms with Crippen molar-refractivity contribution in [1.29, 1.82) is 0 Å². The van der Waals surface area contributed by atoms with E-state index in [0.717, 1.165) is 0 Å². The summed E-state index contributed by atoms with van der Waals surface area (Å²) in [4.78, 5) is 37.8. The predicted octanol–water partition coefficient (Wildman–Crippen LogP) is -1.02. The van der Waals surface area contributed by atoms with Crippen LogP contribution in [0.15, 0.2) is 12.5 Å². The monoisotopic (exact) mass is 298 g/mol. The Bertz CT molecular complexity index is 514. The highest BCUT2D eigenvalue weighted by molar-refractivity contribution is 5.94. The summed E-state index contributed by atoms with van der Waals surface area (Å²) in [7, 11) is 1.21. The first-order chi connectivity index (χ1) is 9.97. The second-order valence-corrected chi connectivity index (χ2v) is 4.26. The van der Waals surface area contributed by atoms with E-state index in [-0.39, 0.29) is 18.5 Å². The summed E-state index contributed by atoms with van der Waals surface area (Å²) in [5, 5.41) is 11.3. The minimum atomic E-state index is -1.23. The lowest BCUT2D eigenvalue weighted by Gasteiger charge is -2.12. The van der Waals surface area contributed by atoms with Crippen LogP contribution in [0.25, 0.3) is 0 Å². The summed E-state index contributed by atoms with van der Waals surface area (Å²) in [6, 6.07) is -1.18. The zero-order chi connectivity index (χ0) is 15.8. The Labute approximate surface area is 121 Å². The lowest BCUT2D eigenvalue weighted by atomic mass is 10.1. The van der Waals surface area contributed by atoms with Crippen molar-refractivity contribution in [3.8, 4) is 0 Å². The number of carboxylic acid groups (broad SMARTS) is 1. The number of carbonyl (C=O) groups is 3. The molecule has 21 heavy (non-hydrogen) atoms. The third-order valence-corrected chi connectivity index (χ3v) is 2.72. The van der Waals surface area contributed by atoms with Gasteiger partial charge in [-0.25, -0.2) is 9.78 Å². The molecule has 0 bridgehead atoms. The Morgan fingerprint density at radius 2 is 2.24 bits per heavy atom. The van der Waals surface area contributed by atoms with Crippen molar-refractivity contribution < 1.29 is 24.2 Å². The van der Waals surface area contributed by atoms with E-state index in [4.69, 9.17) is 10.8 Å². The summed E-state index contributed by atoms with van der Waals surface area (Å²) in [5.74, 6) is -2.39. The largest absolute Gasteiger partial charge is 0.480 e. The van der Waals surface area contributed by atoms with Gasteiger partial charge in [0.25, 0.3) is 5.91 Å². The number of imidazole rings is 1. The van der Waals surface area contributed by atoms with E-state index in [1.54, 1.807) is 4.57 Å². The summed E-state index contributed by atoms with van der Waals surface area (Å²) >= 11 is 0. The highest BCUT2D eigenvalue weighted by atomic mass is 16.5. The van der Waals surface area contributed by atoms with E-state index >= 15 is 0 Å². The van der Waals surface area contributed by atoms with Gasteiger partial charge in [-0.15, -0.1) is 0 Å². The van der Waals surface area contributed by atoms with Gasteiger partial charge in [0.1, 0.15) is 11.7 Å². The molecule has 0 saturated heterocycles. The molecular formula is C12H18N4O5. The minimum absolute atomic E-state index is 0.0583. The first-order valence-corrected chi connectivity index (χ1v) is 6.30. The molecule has 1 aromatic rings. The molecule has 1 atom stereocenters. The fraction of sp³-hybridized carbons (Fsp3) is 0.500. The SMILES string of the molecule is COC(=O)CC[C@H](NC(=O)c1cn(CCN)cn1)C(=O)O. The average Bonchev–Trinajstić information content (AvgIpc) is 2.91. The molecule has 0 aliphatic carbocycles. The van der Waals surface area contributed by atoms with Crippen LogP contribution in [0.2, 0.25) is 0 Å². The van der Waals surface area contributed by atoms with Crippen LogP contribution in [0, 0.1) is 0 Å². The normalized spacial score (nSPS) is 11.7. The Morgan fingerprint density at radius 1 is 1.52 bits per heavy atom. The van der Waals surface area contributed by atoms with Gasteiger partial charge >= 0.3 is 11.9 Å². The fourth-order valence-corrected chi connectivity index (χ4v) is 1.60. The van der Waals surface area contributed by atoms with Crippen molar-refractivity contribution in [1.82, 2.24) is 14.9 Å². The van der Waals surface area contributed by atoms with Crippen LogP contribution in [-0.2, 0) is 20.9 Å². The number of nitrogens with two attached hydrogens (primary N) is 1. The summed E-state index contributed by atoms with van der Waals surface area (Å²) in [6.45, 7) is 0.902. The van der Waals surface area contributed by atoms with Crippen LogP contribution in [0.1, 0.15) is 23.3 Å². The van der Waals surface area contributed by atoms with Crippen LogP contribution in [-0.4, -0.2) is 52.2 Å². The van der Waals surface area contributed by atoms with E-state index in [0.29, 0.717) is 13.1 Å². The van der Waals surface area contributed by atoms with Gasteiger partial charge in [-0.1, -0.05) is 0 Å². The molecule has 0 aromatic carbocycles. The standard InChI is InChI=1S/C12H18N4O5/c1-21-10(17)3-2-8(12(19)20)15-11(18)9-6-16(5-4-13)7-14-9/h6-8H,2-5,13H2,1H3,(H,15,18)(H,19,20)/t8-/m0/s1. The molecule has 116 valence electrons. The molecule has 0 unspecified atom stereocenters. The molecule has 1 amide bonds. The van der Waals surface area contributed by atoms with Crippen LogP contribution >= 0.6 is 0 Å².